The molecule has 3 rings (SSSR count). The largest absolute Gasteiger partial charge is 0.366 e. The van der Waals surface area contributed by atoms with Crippen molar-refractivity contribution in [3.63, 3.8) is 0 Å². The van der Waals surface area contributed by atoms with Gasteiger partial charge in [0.05, 0.1) is 17.6 Å². The van der Waals surface area contributed by atoms with E-state index in [4.69, 9.17) is 4.74 Å². The Hall–Kier alpha value is -1.92. The van der Waals surface area contributed by atoms with Gasteiger partial charge in [-0.2, -0.15) is 0 Å². The molecule has 1 aromatic heterocycles. The number of aryl methyl sites for hydroxylation is 2. The van der Waals surface area contributed by atoms with Crippen LogP contribution in [0, 0.1) is 0 Å². The second-order valence-corrected chi connectivity index (χ2v) is 5.38. The lowest BCUT2D eigenvalue weighted by Gasteiger charge is -2.22. The van der Waals surface area contributed by atoms with E-state index in [0.29, 0.717) is 13.2 Å². The molecule has 1 unspecified atom stereocenters. The Balaban J connectivity index is 1.81. The lowest BCUT2D eigenvalue weighted by molar-refractivity contribution is -0.128. The number of nitrogens with zero attached hydrogens (tertiary/aromatic N) is 2. The lowest BCUT2D eigenvalue weighted by atomic mass is 10.2. The molecule has 1 fully saturated rings. The minimum atomic E-state index is -0.427. The predicted molar refractivity (Wildman–Crippen MR) is 86.0 cm³/mol. The van der Waals surface area contributed by atoms with E-state index >= 15 is 0 Å². The van der Waals surface area contributed by atoms with Crippen molar-refractivity contribution in [3.05, 3.63) is 24.0 Å². The second-order valence-electron chi connectivity index (χ2n) is 5.38. The van der Waals surface area contributed by atoms with Crippen molar-refractivity contribution in [3.8, 4) is 0 Å². The molecule has 6 heteroatoms. The molecule has 0 radical (unpaired) electrons. The molecule has 2 aromatic rings. The molecule has 2 N–H and O–H groups in total. The van der Waals surface area contributed by atoms with Crippen LogP contribution >= 0.6 is 0 Å². The number of amides is 1. The van der Waals surface area contributed by atoms with Gasteiger partial charge in [-0.1, -0.05) is 6.92 Å². The molecular weight excluding hydrogens is 280 g/mol. The van der Waals surface area contributed by atoms with Gasteiger partial charge in [-0.05, 0) is 25.1 Å². The SMILES string of the molecule is CCc1nc2cc(NC(=O)C3CNCCO3)ccc2n1CC. The summed E-state index contributed by atoms with van der Waals surface area (Å²) in [5, 5.41) is 6.07. The Labute approximate surface area is 129 Å². The van der Waals surface area contributed by atoms with Crippen LogP contribution in [-0.4, -0.2) is 41.3 Å². The minimum Gasteiger partial charge on any atom is -0.366 e. The average Bonchev–Trinajstić information content (AvgIpc) is 2.92. The van der Waals surface area contributed by atoms with Gasteiger partial charge in [-0.3, -0.25) is 4.79 Å². The molecule has 0 spiro atoms. The van der Waals surface area contributed by atoms with E-state index in [9.17, 15) is 4.79 Å². The van der Waals surface area contributed by atoms with Crippen LogP contribution in [0.2, 0.25) is 0 Å². The number of nitrogens with one attached hydrogen (secondary N) is 2. The van der Waals surface area contributed by atoms with Crippen molar-refractivity contribution in [2.75, 3.05) is 25.0 Å². The average molecular weight is 302 g/mol. The molecule has 0 aliphatic carbocycles. The Morgan fingerprint density at radius 1 is 1.50 bits per heavy atom. The first-order valence-corrected chi connectivity index (χ1v) is 7.85. The first-order valence-electron chi connectivity index (χ1n) is 7.85. The van der Waals surface area contributed by atoms with E-state index < -0.39 is 6.10 Å². The summed E-state index contributed by atoms with van der Waals surface area (Å²) < 4.78 is 7.67. The van der Waals surface area contributed by atoms with Gasteiger partial charge in [0.15, 0.2) is 0 Å². The molecule has 118 valence electrons. The summed E-state index contributed by atoms with van der Waals surface area (Å²) in [6.07, 6.45) is 0.468. The van der Waals surface area contributed by atoms with E-state index in [1.54, 1.807) is 0 Å². The summed E-state index contributed by atoms with van der Waals surface area (Å²) in [7, 11) is 0. The van der Waals surface area contributed by atoms with Gasteiger partial charge in [0.25, 0.3) is 5.91 Å². The number of carbonyl (C=O) groups is 1. The maximum Gasteiger partial charge on any atom is 0.254 e. The molecule has 2 heterocycles. The summed E-state index contributed by atoms with van der Waals surface area (Å²) in [6, 6.07) is 5.86. The topological polar surface area (TPSA) is 68.2 Å². The molecule has 1 aliphatic rings. The van der Waals surface area contributed by atoms with E-state index in [1.807, 2.05) is 18.2 Å². The van der Waals surface area contributed by atoms with E-state index in [1.165, 1.54) is 0 Å². The van der Waals surface area contributed by atoms with Crippen molar-refractivity contribution in [1.82, 2.24) is 14.9 Å². The third kappa shape index (κ3) is 2.84. The molecule has 1 aliphatic heterocycles. The number of carbonyl (C=O) groups excluding carboxylic acids is 1. The van der Waals surface area contributed by atoms with Gasteiger partial charge in [-0.25, -0.2) is 4.98 Å². The van der Waals surface area contributed by atoms with Gasteiger partial charge in [0.2, 0.25) is 0 Å². The highest BCUT2D eigenvalue weighted by Gasteiger charge is 2.22. The highest BCUT2D eigenvalue weighted by Crippen LogP contribution is 2.21. The van der Waals surface area contributed by atoms with Gasteiger partial charge in [0.1, 0.15) is 11.9 Å². The zero-order chi connectivity index (χ0) is 15.5. The number of hydrogen-bond donors (Lipinski definition) is 2. The highest BCUT2D eigenvalue weighted by molar-refractivity contribution is 5.96. The Morgan fingerprint density at radius 2 is 2.36 bits per heavy atom. The summed E-state index contributed by atoms with van der Waals surface area (Å²) in [5.74, 6) is 0.956. The molecule has 0 bridgehead atoms. The number of morpholine rings is 1. The Bertz CT molecular complexity index is 674. The molecule has 1 aromatic carbocycles. The van der Waals surface area contributed by atoms with Gasteiger partial charge < -0.3 is 19.9 Å². The highest BCUT2D eigenvalue weighted by atomic mass is 16.5. The second kappa shape index (κ2) is 6.46. The normalized spacial score (nSPS) is 18.5. The van der Waals surface area contributed by atoms with Crippen LogP contribution < -0.4 is 10.6 Å². The lowest BCUT2D eigenvalue weighted by Crippen LogP contribution is -2.45. The first kappa shape index (κ1) is 15.0. The number of fused-ring (bicyclic) bond motifs is 1. The van der Waals surface area contributed by atoms with Crippen molar-refractivity contribution >= 4 is 22.6 Å². The maximum atomic E-state index is 12.2. The molecule has 1 saturated heterocycles. The van der Waals surface area contributed by atoms with Crippen LogP contribution in [0.1, 0.15) is 19.7 Å². The van der Waals surface area contributed by atoms with E-state index in [2.05, 4.69) is 34.0 Å². The van der Waals surface area contributed by atoms with Crippen molar-refractivity contribution in [2.45, 2.75) is 32.9 Å². The number of benzene rings is 1. The fraction of sp³-hybridized carbons (Fsp3) is 0.500. The van der Waals surface area contributed by atoms with Crippen molar-refractivity contribution in [2.24, 2.45) is 0 Å². The number of anilines is 1. The first-order chi connectivity index (χ1) is 10.7. The van der Waals surface area contributed by atoms with Gasteiger partial charge in [0, 0.05) is 31.7 Å². The number of hydrogen-bond acceptors (Lipinski definition) is 4. The Kier molecular flexibility index (Phi) is 4.40. The number of aromatic nitrogens is 2. The maximum absolute atomic E-state index is 12.2. The van der Waals surface area contributed by atoms with Crippen LogP contribution in [0.15, 0.2) is 18.2 Å². The fourth-order valence-corrected chi connectivity index (χ4v) is 2.84. The van der Waals surface area contributed by atoms with Crippen molar-refractivity contribution < 1.29 is 9.53 Å². The van der Waals surface area contributed by atoms with Crippen LogP contribution in [0.3, 0.4) is 0 Å². The quantitative estimate of drug-likeness (QED) is 0.899. The fourth-order valence-electron chi connectivity index (χ4n) is 2.84. The third-order valence-corrected chi connectivity index (χ3v) is 3.95. The molecular formula is C16H22N4O2. The zero-order valence-electron chi connectivity index (χ0n) is 13.1. The number of ether oxygens (including phenoxy) is 1. The van der Waals surface area contributed by atoms with E-state index in [-0.39, 0.29) is 5.91 Å². The molecule has 0 saturated carbocycles. The molecule has 1 amide bonds. The number of imidazole rings is 1. The van der Waals surface area contributed by atoms with Crippen LogP contribution in [-0.2, 0) is 22.5 Å². The number of rotatable bonds is 4. The molecule has 1 atom stereocenters. The Morgan fingerprint density at radius 3 is 3.05 bits per heavy atom. The summed E-state index contributed by atoms with van der Waals surface area (Å²) >= 11 is 0. The summed E-state index contributed by atoms with van der Waals surface area (Å²) in [5.41, 5.74) is 2.78. The predicted octanol–water partition coefficient (Wildman–Crippen LogP) is 1.55. The van der Waals surface area contributed by atoms with Gasteiger partial charge >= 0.3 is 0 Å². The minimum absolute atomic E-state index is 0.114. The standard InChI is InChI=1S/C16H22N4O2/c1-3-15-19-12-9-11(5-6-13(12)20(15)4-2)18-16(21)14-10-17-7-8-22-14/h5-6,9,14,17H,3-4,7-8,10H2,1-2H3,(H,18,21). The van der Waals surface area contributed by atoms with Crippen LogP contribution in [0.5, 0.6) is 0 Å². The van der Waals surface area contributed by atoms with Gasteiger partial charge in [-0.15, -0.1) is 0 Å². The smallest absolute Gasteiger partial charge is 0.254 e. The third-order valence-electron chi connectivity index (χ3n) is 3.95. The van der Waals surface area contributed by atoms with Crippen molar-refractivity contribution in [1.29, 1.82) is 0 Å². The van der Waals surface area contributed by atoms with Crippen LogP contribution in [0.4, 0.5) is 5.69 Å². The summed E-state index contributed by atoms with van der Waals surface area (Å²) in [4.78, 5) is 16.8. The molecule has 22 heavy (non-hydrogen) atoms. The van der Waals surface area contributed by atoms with E-state index in [0.717, 1.165) is 42.1 Å². The molecule has 6 nitrogen and oxygen atoms in total. The monoisotopic (exact) mass is 302 g/mol. The summed E-state index contributed by atoms with van der Waals surface area (Å²) in [6.45, 7) is 7.03. The van der Waals surface area contributed by atoms with Crippen LogP contribution in [0.25, 0.3) is 11.0 Å². The zero-order valence-corrected chi connectivity index (χ0v) is 13.1.